The van der Waals surface area contributed by atoms with E-state index in [9.17, 15) is 4.79 Å². The van der Waals surface area contributed by atoms with Gasteiger partial charge in [0.1, 0.15) is 17.7 Å². The number of nitrogens with two attached hydrogens (primary N) is 1. The highest BCUT2D eigenvalue weighted by atomic mass is 16.6. The number of hydrogen-bond donors (Lipinski definition) is 3. The maximum absolute atomic E-state index is 11.5. The molecule has 7 nitrogen and oxygen atoms in total. The molecular weight excluding hydrogens is 282 g/mol. The van der Waals surface area contributed by atoms with E-state index in [0.29, 0.717) is 24.6 Å². The number of nitrogens with one attached hydrogen (secondary N) is 2. The highest BCUT2D eigenvalue weighted by Gasteiger charge is 2.15. The fourth-order valence-corrected chi connectivity index (χ4v) is 1.87. The number of carbonyl (C=O) groups excluding carboxylic acids is 1. The van der Waals surface area contributed by atoms with E-state index in [1.165, 1.54) is 6.33 Å². The molecule has 0 bridgehead atoms. The lowest BCUT2D eigenvalue weighted by molar-refractivity contribution is 0.0530. The van der Waals surface area contributed by atoms with E-state index in [1.807, 2.05) is 26.8 Å². The molecule has 0 aliphatic rings. The van der Waals surface area contributed by atoms with Gasteiger partial charge in [0, 0.05) is 24.2 Å². The molecule has 1 aromatic carbocycles. The largest absolute Gasteiger partial charge is 0.444 e. The van der Waals surface area contributed by atoms with E-state index in [-0.39, 0.29) is 0 Å². The van der Waals surface area contributed by atoms with Gasteiger partial charge >= 0.3 is 6.09 Å². The lowest BCUT2D eigenvalue weighted by Crippen LogP contribution is -2.35. The second kappa shape index (κ2) is 6.46. The van der Waals surface area contributed by atoms with Gasteiger partial charge in [0.05, 0.1) is 5.52 Å². The van der Waals surface area contributed by atoms with Gasteiger partial charge in [0.2, 0.25) is 0 Å². The molecule has 0 saturated carbocycles. The Hall–Kier alpha value is -2.57. The van der Waals surface area contributed by atoms with Gasteiger partial charge in [-0.05, 0) is 39.0 Å². The van der Waals surface area contributed by atoms with Crippen molar-refractivity contribution in [1.82, 2.24) is 15.3 Å². The van der Waals surface area contributed by atoms with Crippen LogP contribution < -0.4 is 16.4 Å². The van der Waals surface area contributed by atoms with E-state index in [2.05, 4.69) is 20.6 Å². The molecule has 118 valence electrons. The molecule has 22 heavy (non-hydrogen) atoms. The van der Waals surface area contributed by atoms with Gasteiger partial charge in [0.25, 0.3) is 0 Å². The summed E-state index contributed by atoms with van der Waals surface area (Å²) in [6.07, 6.45) is 1.04. The van der Waals surface area contributed by atoms with Crippen LogP contribution in [0.2, 0.25) is 0 Å². The summed E-state index contributed by atoms with van der Waals surface area (Å²) in [5.41, 5.74) is 6.67. The van der Waals surface area contributed by atoms with Crippen molar-refractivity contribution in [1.29, 1.82) is 0 Å². The Bertz CT molecular complexity index is 667. The number of amides is 1. The van der Waals surface area contributed by atoms with Gasteiger partial charge in [-0.2, -0.15) is 0 Å². The summed E-state index contributed by atoms with van der Waals surface area (Å²) in [4.78, 5) is 19.9. The monoisotopic (exact) mass is 303 g/mol. The molecule has 0 aliphatic carbocycles. The van der Waals surface area contributed by atoms with Gasteiger partial charge in [-0.3, -0.25) is 0 Å². The van der Waals surface area contributed by atoms with Crippen LogP contribution in [0.3, 0.4) is 0 Å². The van der Waals surface area contributed by atoms with Crippen molar-refractivity contribution >= 4 is 28.5 Å². The number of nitrogens with zero attached hydrogens (tertiary/aromatic N) is 2. The minimum absolute atomic E-state index is 0.426. The van der Waals surface area contributed by atoms with Crippen molar-refractivity contribution in [2.45, 2.75) is 26.4 Å². The van der Waals surface area contributed by atoms with Gasteiger partial charge in [-0.1, -0.05) is 0 Å². The zero-order valence-electron chi connectivity index (χ0n) is 13.0. The van der Waals surface area contributed by atoms with Gasteiger partial charge in [-0.15, -0.1) is 0 Å². The van der Waals surface area contributed by atoms with Crippen molar-refractivity contribution < 1.29 is 9.53 Å². The van der Waals surface area contributed by atoms with Gasteiger partial charge in [0.15, 0.2) is 0 Å². The second-order valence-electron chi connectivity index (χ2n) is 5.85. The summed E-state index contributed by atoms with van der Waals surface area (Å²) in [5, 5.41) is 6.73. The lowest BCUT2D eigenvalue weighted by atomic mass is 10.2. The zero-order chi connectivity index (χ0) is 16.2. The third-order valence-corrected chi connectivity index (χ3v) is 2.75. The van der Waals surface area contributed by atoms with Crippen LogP contribution in [-0.2, 0) is 4.74 Å². The van der Waals surface area contributed by atoms with Crippen LogP contribution in [0.5, 0.6) is 0 Å². The zero-order valence-corrected chi connectivity index (χ0v) is 13.0. The molecule has 2 aromatic rings. The fourth-order valence-electron chi connectivity index (χ4n) is 1.87. The van der Waals surface area contributed by atoms with Crippen LogP contribution in [0.4, 0.5) is 16.3 Å². The molecule has 1 heterocycles. The summed E-state index contributed by atoms with van der Waals surface area (Å²) >= 11 is 0. The SMILES string of the molecule is CC(C)(C)OC(=O)NCCNc1ncnc2cc(N)ccc12. The molecule has 4 N–H and O–H groups in total. The van der Waals surface area contributed by atoms with Gasteiger partial charge in [-0.25, -0.2) is 14.8 Å². The Kier molecular flexibility index (Phi) is 4.65. The third kappa shape index (κ3) is 4.47. The summed E-state index contributed by atoms with van der Waals surface area (Å²) in [7, 11) is 0. The van der Waals surface area contributed by atoms with E-state index in [1.54, 1.807) is 12.1 Å². The highest BCUT2D eigenvalue weighted by molar-refractivity contribution is 5.90. The van der Waals surface area contributed by atoms with Crippen molar-refractivity contribution in [3.63, 3.8) is 0 Å². The van der Waals surface area contributed by atoms with Crippen molar-refractivity contribution in [3.05, 3.63) is 24.5 Å². The highest BCUT2D eigenvalue weighted by Crippen LogP contribution is 2.20. The average molecular weight is 303 g/mol. The van der Waals surface area contributed by atoms with Crippen LogP contribution in [0.15, 0.2) is 24.5 Å². The number of nitrogen functional groups attached to an aromatic ring is 1. The number of fused-ring (bicyclic) bond motifs is 1. The number of aromatic nitrogens is 2. The van der Waals surface area contributed by atoms with Gasteiger partial charge < -0.3 is 21.1 Å². The van der Waals surface area contributed by atoms with Crippen molar-refractivity contribution in [2.24, 2.45) is 0 Å². The molecule has 0 unspecified atom stereocenters. The molecule has 0 radical (unpaired) electrons. The number of ether oxygens (including phenoxy) is 1. The Morgan fingerprint density at radius 2 is 2.05 bits per heavy atom. The summed E-state index contributed by atoms with van der Waals surface area (Å²) in [6, 6.07) is 5.46. The minimum Gasteiger partial charge on any atom is -0.444 e. The van der Waals surface area contributed by atoms with E-state index < -0.39 is 11.7 Å². The quantitative estimate of drug-likeness (QED) is 0.591. The first-order valence-corrected chi connectivity index (χ1v) is 7.06. The molecule has 0 saturated heterocycles. The molecule has 2 rings (SSSR count). The molecule has 0 spiro atoms. The summed E-state index contributed by atoms with van der Waals surface area (Å²) in [6.45, 7) is 6.42. The first-order chi connectivity index (χ1) is 10.3. The van der Waals surface area contributed by atoms with Crippen LogP contribution >= 0.6 is 0 Å². The molecule has 0 atom stereocenters. The predicted molar refractivity (Wildman–Crippen MR) is 86.7 cm³/mol. The molecule has 1 amide bonds. The summed E-state index contributed by atoms with van der Waals surface area (Å²) < 4.78 is 5.16. The maximum atomic E-state index is 11.5. The van der Waals surface area contributed by atoms with Crippen LogP contribution in [0.1, 0.15) is 20.8 Å². The molecule has 0 aliphatic heterocycles. The standard InChI is InChI=1S/C15H21N5O2/c1-15(2,3)22-14(21)18-7-6-17-13-11-5-4-10(16)8-12(11)19-9-20-13/h4-5,8-9H,6-7,16H2,1-3H3,(H,18,21)(H,17,19,20). The number of carbonyl (C=O) groups is 1. The Morgan fingerprint density at radius 3 is 2.77 bits per heavy atom. The Morgan fingerprint density at radius 1 is 1.27 bits per heavy atom. The third-order valence-electron chi connectivity index (χ3n) is 2.75. The van der Waals surface area contributed by atoms with Crippen LogP contribution in [0, 0.1) is 0 Å². The topological polar surface area (TPSA) is 102 Å². The van der Waals surface area contributed by atoms with Crippen LogP contribution in [-0.4, -0.2) is 34.8 Å². The number of hydrogen-bond acceptors (Lipinski definition) is 6. The number of alkyl carbamates (subject to hydrolysis) is 1. The van der Waals surface area contributed by atoms with E-state index >= 15 is 0 Å². The Balaban J connectivity index is 1.89. The number of rotatable bonds is 4. The Labute approximate surface area is 129 Å². The molecule has 0 fully saturated rings. The molecular formula is C15H21N5O2. The molecule has 1 aromatic heterocycles. The maximum Gasteiger partial charge on any atom is 0.407 e. The summed E-state index contributed by atoms with van der Waals surface area (Å²) in [5.74, 6) is 0.705. The van der Waals surface area contributed by atoms with Crippen molar-refractivity contribution in [3.8, 4) is 0 Å². The lowest BCUT2D eigenvalue weighted by Gasteiger charge is -2.19. The van der Waals surface area contributed by atoms with E-state index in [4.69, 9.17) is 10.5 Å². The van der Waals surface area contributed by atoms with E-state index in [0.717, 1.165) is 10.9 Å². The first kappa shape index (κ1) is 15.8. The first-order valence-electron chi connectivity index (χ1n) is 7.06. The number of benzene rings is 1. The fraction of sp³-hybridized carbons (Fsp3) is 0.400. The minimum atomic E-state index is -0.500. The average Bonchev–Trinajstić information content (AvgIpc) is 2.41. The second-order valence-corrected chi connectivity index (χ2v) is 5.85. The normalized spacial score (nSPS) is 11.2. The van der Waals surface area contributed by atoms with Crippen LogP contribution in [0.25, 0.3) is 10.9 Å². The van der Waals surface area contributed by atoms with Crippen molar-refractivity contribution in [2.75, 3.05) is 24.1 Å². The predicted octanol–water partition coefficient (Wildman–Crippen LogP) is 2.15. The molecule has 7 heteroatoms. The number of anilines is 2. The smallest absolute Gasteiger partial charge is 0.407 e.